The molecule has 7 heteroatoms. The standard InChI is InChI=1S/C27H32N4O2S/c1-17-21(10-12-25(28)30-17)9-11-24(32)18(2)31-26(33)23-8-5-20(16-23)15-19-3-6-22(7-4-19)27-29-13-14-34-27/h3-4,6-7,10,12-14,18,20,23H,5,8-9,11,15-16H2,1-2H3,(H2,28,30)(H,31,33)/t18-,20-,23+/m0/s1. The van der Waals surface area contributed by atoms with Gasteiger partial charge in [0, 0.05) is 35.2 Å². The summed E-state index contributed by atoms with van der Waals surface area (Å²) in [4.78, 5) is 34.0. The van der Waals surface area contributed by atoms with Crippen LogP contribution < -0.4 is 11.1 Å². The Morgan fingerprint density at radius 2 is 1.97 bits per heavy atom. The topological polar surface area (TPSA) is 98.0 Å². The molecule has 1 saturated carbocycles. The zero-order valence-electron chi connectivity index (χ0n) is 19.8. The second-order valence-corrected chi connectivity index (χ2v) is 10.2. The van der Waals surface area contributed by atoms with E-state index in [1.807, 2.05) is 24.6 Å². The number of hydrogen-bond donors (Lipinski definition) is 2. The van der Waals surface area contributed by atoms with Crippen molar-refractivity contribution in [3.63, 3.8) is 0 Å². The van der Waals surface area contributed by atoms with Crippen LogP contribution in [0, 0.1) is 18.8 Å². The maximum absolute atomic E-state index is 12.8. The molecule has 1 amide bonds. The molecule has 6 nitrogen and oxygen atoms in total. The third kappa shape index (κ3) is 6.08. The normalized spacial score (nSPS) is 18.5. The van der Waals surface area contributed by atoms with Crippen molar-refractivity contribution in [2.45, 2.75) is 58.4 Å². The minimum absolute atomic E-state index is 0.00722. The van der Waals surface area contributed by atoms with E-state index in [9.17, 15) is 9.59 Å². The number of nitrogens with zero attached hydrogens (tertiary/aromatic N) is 2. The molecule has 3 N–H and O–H groups in total. The molecular weight excluding hydrogens is 444 g/mol. The number of nitrogen functional groups attached to an aromatic ring is 1. The van der Waals surface area contributed by atoms with Gasteiger partial charge in [-0.15, -0.1) is 11.3 Å². The van der Waals surface area contributed by atoms with E-state index in [2.05, 4.69) is 39.6 Å². The average Bonchev–Trinajstić information content (AvgIpc) is 3.51. The highest BCUT2D eigenvalue weighted by Gasteiger charge is 2.31. The van der Waals surface area contributed by atoms with E-state index in [1.54, 1.807) is 24.3 Å². The number of benzene rings is 1. The molecule has 1 fully saturated rings. The molecule has 0 bridgehead atoms. The van der Waals surface area contributed by atoms with Crippen LogP contribution in [0.1, 0.15) is 49.4 Å². The van der Waals surface area contributed by atoms with E-state index >= 15 is 0 Å². The lowest BCUT2D eigenvalue weighted by Crippen LogP contribution is -2.41. The average molecular weight is 477 g/mol. The van der Waals surface area contributed by atoms with Gasteiger partial charge >= 0.3 is 0 Å². The number of anilines is 1. The molecule has 34 heavy (non-hydrogen) atoms. The summed E-state index contributed by atoms with van der Waals surface area (Å²) in [6.07, 6.45) is 6.57. The molecule has 2 heterocycles. The summed E-state index contributed by atoms with van der Waals surface area (Å²) >= 11 is 1.64. The highest BCUT2D eigenvalue weighted by molar-refractivity contribution is 7.13. The highest BCUT2D eigenvalue weighted by Crippen LogP contribution is 2.34. The van der Waals surface area contributed by atoms with Crippen LogP contribution in [-0.2, 0) is 22.4 Å². The van der Waals surface area contributed by atoms with Gasteiger partial charge in [-0.3, -0.25) is 9.59 Å². The third-order valence-electron chi connectivity index (χ3n) is 6.77. The van der Waals surface area contributed by atoms with Gasteiger partial charge in [0.05, 0.1) is 6.04 Å². The van der Waals surface area contributed by atoms with Gasteiger partial charge < -0.3 is 11.1 Å². The minimum atomic E-state index is -0.480. The number of aromatic nitrogens is 2. The third-order valence-corrected chi connectivity index (χ3v) is 7.59. The fourth-order valence-electron chi connectivity index (χ4n) is 4.74. The monoisotopic (exact) mass is 476 g/mol. The molecule has 1 aliphatic carbocycles. The van der Waals surface area contributed by atoms with Crippen LogP contribution in [0.5, 0.6) is 0 Å². The van der Waals surface area contributed by atoms with Crippen molar-refractivity contribution in [3.05, 3.63) is 64.8 Å². The Bertz CT molecular complexity index is 1130. The van der Waals surface area contributed by atoms with Crippen LogP contribution in [0.2, 0.25) is 0 Å². The lowest BCUT2D eigenvalue weighted by molar-refractivity contribution is -0.129. The summed E-state index contributed by atoms with van der Waals surface area (Å²) in [7, 11) is 0. The fraction of sp³-hybridized carbons (Fsp3) is 0.407. The summed E-state index contributed by atoms with van der Waals surface area (Å²) in [5.41, 5.74) is 9.99. The lowest BCUT2D eigenvalue weighted by atomic mass is 9.95. The number of ketones is 1. The number of aryl methyl sites for hydroxylation is 2. The zero-order chi connectivity index (χ0) is 24.1. The van der Waals surface area contributed by atoms with Gasteiger partial charge in [-0.25, -0.2) is 9.97 Å². The molecule has 0 spiro atoms. The number of rotatable bonds is 9. The number of amides is 1. The second-order valence-electron chi connectivity index (χ2n) is 9.29. The van der Waals surface area contributed by atoms with Gasteiger partial charge in [-0.1, -0.05) is 30.3 Å². The summed E-state index contributed by atoms with van der Waals surface area (Å²) in [6, 6.07) is 11.8. The molecule has 4 rings (SSSR count). The largest absolute Gasteiger partial charge is 0.384 e. The van der Waals surface area contributed by atoms with Gasteiger partial charge in [0.25, 0.3) is 0 Å². The predicted octanol–water partition coefficient (Wildman–Crippen LogP) is 4.76. The molecule has 0 saturated heterocycles. The molecular formula is C27H32N4O2S. The Kier molecular flexibility index (Phi) is 7.73. The number of thiazole rings is 1. The maximum Gasteiger partial charge on any atom is 0.223 e. The summed E-state index contributed by atoms with van der Waals surface area (Å²) in [5.74, 6) is 1.01. The molecule has 2 aromatic heterocycles. The number of pyridine rings is 1. The Hall–Kier alpha value is -3.06. The molecule has 3 aromatic rings. The first-order valence-electron chi connectivity index (χ1n) is 11.9. The van der Waals surface area contributed by atoms with E-state index in [4.69, 9.17) is 5.73 Å². The van der Waals surface area contributed by atoms with Crippen LogP contribution in [0.25, 0.3) is 10.6 Å². The van der Waals surface area contributed by atoms with E-state index in [-0.39, 0.29) is 17.6 Å². The Morgan fingerprint density at radius 1 is 1.18 bits per heavy atom. The summed E-state index contributed by atoms with van der Waals surface area (Å²) < 4.78 is 0. The second kappa shape index (κ2) is 10.9. The van der Waals surface area contributed by atoms with Crippen LogP contribution >= 0.6 is 11.3 Å². The first kappa shape index (κ1) is 24.1. The number of Topliss-reactive ketones (excluding diaryl/α,β-unsaturated/α-hetero) is 1. The van der Waals surface area contributed by atoms with Crippen LogP contribution in [0.4, 0.5) is 5.82 Å². The molecule has 3 atom stereocenters. The van der Waals surface area contributed by atoms with E-state index in [1.165, 1.54) is 5.56 Å². The van der Waals surface area contributed by atoms with Crippen LogP contribution in [-0.4, -0.2) is 27.7 Å². The quantitative estimate of drug-likeness (QED) is 0.464. The van der Waals surface area contributed by atoms with Gasteiger partial charge in [-0.05, 0) is 69.1 Å². The first-order valence-corrected chi connectivity index (χ1v) is 12.8. The number of carbonyl (C=O) groups excluding carboxylic acids is 2. The summed E-state index contributed by atoms with van der Waals surface area (Å²) in [5, 5.41) is 5.98. The molecule has 178 valence electrons. The molecule has 0 unspecified atom stereocenters. The lowest BCUT2D eigenvalue weighted by Gasteiger charge is -2.17. The molecule has 0 radical (unpaired) electrons. The number of nitrogens with two attached hydrogens (primary N) is 1. The van der Waals surface area contributed by atoms with E-state index in [0.29, 0.717) is 24.6 Å². The predicted molar refractivity (Wildman–Crippen MR) is 136 cm³/mol. The summed E-state index contributed by atoms with van der Waals surface area (Å²) in [6.45, 7) is 3.68. The van der Waals surface area contributed by atoms with Crippen molar-refractivity contribution in [2.75, 3.05) is 5.73 Å². The van der Waals surface area contributed by atoms with Crippen LogP contribution in [0.3, 0.4) is 0 Å². The highest BCUT2D eigenvalue weighted by atomic mass is 32.1. The molecule has 0 aliphatic heterocycles. The van der Waals surface area contributed by atoms with E-state index in [0.717, 1.165) is 47.5 Å². The Balaban J connectivity index is 1.22. The number of carbonyl (C=O) groups is 2. The first-order chi connectivity index (χ1) is 16.4. The fourth-order valence-corrected chi connectivity index (χ4v) is 5.39. The van der Waals surface area contributed by atoms with Gasteiger partial charge in [-0.2, -0.15) is 0 Å². The minimum Gasteiger partial charge on any atom is -0.384 e. The van der Waals surface area contributed by atoms with Crippen LogP contribution in [0.15, 0.2) is 48.0 Å². The number of hydrogen-bond acceptors (Lipinski definition) is 6. The smallest absolute Gasteiger partial charge is 0.223 e. The van der Waals surface area contributed by atoms with Crippen molar-refractivity contribution in [3.8, 4) is 10.6 Å². The SMILES string of the molecule is Cc1nc(N)ccc1CCC(=O)[C@H](C)NC(=O)[C@@H]1CC[C@@H](Cc2ccc(-c3nccs3)cc2)C1. The van der Waals surface area contributed by atoms with Crippen molar-refractivity contribution >= 4 is 28.8 Å². The van der Waals surface area contributed by atoms with Crippen molar-refractivity contribution in [1.29, 1.82) is 0 Å². The van der Waals surface area contributed by atoms with Crippen molar-refractivity contribution in [1.82, 2.24) is 15.3 Å². The van der Waals surface area contributed by atoms with Gasteiger partial charge in [0.1, 0.15) is 10.8 Å². The van der Waals surface area contributed by atoms with Gasteiger partial charge in [0.15, 0.2) is 5.78 Å². The Labute approximate surface area is 205 Å². The molecule has 1 aliphatic rings. The van der Waals surface area contributed by atoms with Crippen molar-refractivity contribution in [2.24, 2.45) is 11.8 Å². The van der Waals surface area contributed by atoms with E-state index < -0.39 is 6.04 Å². The maximum atomic E-state index is 12.8. The zero-order valence-corrected chi connectivity index (χ0v) is 20.6. The molecule has 1 aromatic carbocycles. The van der Waals surface area contributed by atoms with Gasteiger partial charge in [0.2, 0.25) is 5.91 Å². The Morgan fingerprint density at radius 3 is 2.68 bits per heavy atom. The van der Waals surface area contributed by atoms with Crippen molar-refractivity contribution < 1.29 is 9.59 Å². The number of nitrogens with one attached hydrogen (secondary N) is 1.